The normalized spacial score (nSPS) is 12.2. The Labute approximate surface area is 118 Å². The second-order valence-corrected chi connectivity index (χ2v) is 5.37. The molecule has 0 radical (unpaired) electrons. The van der Waals surface area contributed by atoms with Gasteiger partial charge in [-0.15, -0.1) is 11.3 Å². The van der Waals surface area contributed by atoms with Crippen LogP contribution in [0.3, 0.4) is 0 Å². The third-order valence-corrected chi connectivity index (χ3v) is 3.75. The van der Waals surface area contributed by atoms with Gasteiger partial charge in [0, 0.05) is 18.5 Å². The predicted molar refractivity (Wildman–Crippen MR) is 78.6 cm³/mol. The Morgan fingerprint density at radius 2 is 2.32 bits per heavy atom. The van der Waals surface area contributed by atoms with Gasteiger partial charge in [-0.2, -0.15) is 0 Å². The summed E-state index contributed by atoms with van der Waals surface area (Å²) in [4.78, 5) is 16.0. The Kier molecular flexibility index (Phi) is 7.43. The molecular formula is C13H23N3O2S. The fourth-order valence-electron chi connectivity index (χ4n) is 1.75. The topological polar surface area (TPSA) is 74.2 Å². The van der Waals surface area contributed by atoms with Crippen molar-refractivity contribution in [3.8, 4) is 0 Å². The average molecular weight is 285 g/mol. The molecule has 1 unspecified atom stereocenters. The van der Waals surface area contributed by atoms with Crippen LogP contribution >= 0.6 is 11.3 Å². The van der Waals surface area contributed by atoms with Crippen LogP contribution in [0.25, 0.3) is 0 Å². The molecule has 1 rings (SSSR count). The zero-order valence-electron chi connectivity index (χ0n) is 11.6. The quantitative estimate of drug-likeness (QED) is 0.687. The number of aliphatic hydroxyl groups is 1. The molecule has 6 heteroatoms. The Hall–Kier alpha value is -1.14. The van der Waals surface area contributed by atoms with Crippen LogP contribution in [0, 0.1) is 5.92 Å². The number of urea groups is 1. The number of nitrogens with zero attached hydrogens (tertiary/aromatic N) is 1. The van der Waals surface area contributed by atoms with Crippen molar-refractivity contribution < 1.29 is 9.90 Å². The smallest absolute Gasteiger partial charge is 0.321 e. The fraction of sp³-hybridized carbons (Fsp3) is 0.692. The van der Waals surface area contributed by atoms with Gasteiger partial charge in [0.15, 0.2) is 5.13 Å². The van der Waals surface area contributed by atoms with E-state index in [2.05, 4.69) is 29.5 Å². The van der Waals surface area contributed by atoms with Crippen molar-refractivity contribution in [1.82, 2.24) is 10.3 Å². The second-order valence-electron chi connectivity index (χ2n) is 4.52. The molecule has 5 nitrogen and oxygen atoms in total. The van der Waals surface area contributed by atoms with Crippen molar-refractivity contribution in [1.29, 1.82) is 0 Å². The monoisotopic (exact) mass is 285 g/mol. The minimum absolute atomic E-state index is 0.161. The summed E-state index contributed by atoms with van der Waals surface area (Å²) in [6, 6.07) is -0.228. The number of carbonyl (C=O) groups excluding carboxylic acids is 1. The summed E-state index contributed by atoms with van der Waals surface area (Å²) in [5.41, 5.74) is 1.02. The van der Waals surface area contributed by atoms with E-state index < -0.39 is 0 Å². The van der Waals surface area contributed by atoms with Gasteiger partial charge in [-0.1, -0.05) is 26.7 Å². The van der Waals surface area contributed by atoms with Crippen molar-refractivity contribution >= 4 is 22.5 Å². The molecule has 0 saturated heterocycles. The third-order valence-electron chi connectivity index (χ3n) is 2.94. The highest BCUT2D eigenvalue weighted by Gasteiger charge is 2.09. The first-order valence-electron chi connectivity index (χ1n) is 6.79. The number of hydrogen-bond acceptors (Lipinski definition) is 4. The van der Waals surface area contributed by atoms with Gasteiger partial charge in [0.25, 0.3) is 0 Å². The highest BCUT2D eigenvalue weighted by molar-refractivity contribution is 7.13. The summed E-state index contributed by atoms with van der Waals surface area (Å²) in [6.07, 6.45) is 3.65. The van der Waals surface area contributed by atoms with Gasteiger partial charge in [-0.3, -0.25) is 5.32 Å². The third kappa shape index (κ3) is 6.02. The van der Waals surface area contributed by atoms with E-state index >= 15 is 0 Å². The van der Waals surface area contributed by atoms with E-state index in [-0.39, 0.29) is 12.6 Å². The standard InChI is InChI=1S/C13H23N3O2S/c1-3-5-11-9-19-13(15-11)16-12(18)14-8-10(4-2)6-7-17/h9-10,17H,3-8H2,1-2H3,(H2,14,15,16,18). The van der Waals surface area contributed by atoms with Gasteiger partial charge in [0.2, 0.25) is 0 Å². The van der Waals surface area contributed by atoms with E-state index in [9.17, 15) is 4.79 Å². The van der Waals surface area contributed by atoms with Crippen LogP contribution in [0.4, 0.5) is 9.93 Å². The number of carbonyl (C=O) groups is 1. The van der Waals surface area contributed by atoms with E-state index in [0.717, 1.165) is 25.0 Å². The minimum atomic E-state index is -0.228. The van der Waals surface area contributed by atoms with Crippen LogP contribution in [-0.4, -0.2) is 29.3 Å². The highest BCUT2D eigenvalue weighted by Crippen LogP contribution is 2.16. The maximum absolute atomic E-state index is 11.7. The zero-order valence-corrected chi connectivity index (χ0v) is 12.4. The van der Waals surface area contributed by atoms with Gasteiger partial charge >= 0.3 is 6.03 Å². The summed E-state index contributed by atoms with van der Waals surface area (Å²) in [7, 11) is 0. The molecule has 1 heterocycles. The second kappa shape index (κ2) is 8.87. The summed E-state index contributed by atoms with van der Waals surface area (Å²) < 4.78 is 0. The van der Waals surface area contributed by atoms with E-state index in [1.54, 1.807) is 0 Å². The lowest BCUT2D eigenvalue weighted by Crippen LogP contribution is -2.33. The molecule has 19 heavy (non-hydrogen) atoms. The number of aryl methyl sites for hydroxylation is 1. The van der Waals surface area contributed by atoms with Crippen LogP contribution in [-0.2, 0) is 6.42 Å². The number of amides is 2. The van der Waals surface area contributed by atoms with Gasteiger partial charge in [0.1, 0.15) is 0 Å². The molecule has 3 N–H and O–H groups in total. The van der Waals surface area contributed by atoms with E-state index in [1.807, 2.05) is 5.38 Å². The lowest BCUT2D eigenvalue weighted by atomic mass is 10.0. The molecule has 0 fully saturated rings. The number of aromatic nitrogens is 1. The van der Waals surface area contributed by atoms with Crippen LogP contribution in [0.2, 0.25) is 0 Å². The van der Waals surface area contributed by atoms with Gasteiger partial charge in [-0.25, -0.2) is 9.78 Å². The summed E-state index contributed by atoms with van der Waals surface area (Å²) in [5, 5.41) is 17.0. The molecule has 0 saturated carbocycles. The number of aliphatic hydroxyl groups excluding tert-OH is 1. The zero-order chi connectivity index (χ0) is 14.1. The lowest BCUT2D eigenvalue weighted by Gasteiger charge is -2.14. The molecule has 1 aromatic rings. The molecule has 0 spiro atoms. The molecule has 0 aliphatic heterocycles. The first-order chi connectivity index (χ1) is 9.19. The first-order valence-corrected chi connectivity index (χ1v) is 7.67. The SMILES string of the molecule is CCCc1csc(NC(=O)NCC(CC)CCO)n1. The Bertz CT molecular complexity index is 382. The van der Waals surface area contributed by atoms with Gasteiger partial charge < -0.3 is 10.4 Å². The number of hydrogen-bond donors (Lipinski definition) is 3. The minimum Gasteiger partial charge on any atom is -0.396 e. The molecule has 0 aliphatic carbocycles. The Balaban J connectivity index is 2.33. The number of thiazole rings is 1. The van der Waals surface area contributed by atoms with Crippen LogP contribution in [0.1, 0.15) is 38.8 Å². The maximum Gasteiger partial charge on any atom is 0.321 e. The van der Waals surface area contributed by atoms with Crippen molar-refractivity contribution in [2.45, 2.75) is 39.5 Å². The molecule has 2 amide bonds. The van der Waals surface area contributed by atoms with Crippen LogP contribution < -0.4 is 10.6 Å². The average Bonchev–Trinajstić information content (AvgIpc) is 2.82. The van der Waals surface area contributed by atoms with Crippen molar-refractivity contribution in [2.75, 3.05) is 18.5 Å². The van der Waals surface area contributed by atoms with Crippen molar-refractivity contribution in [3.05, 3.63) is 11.1 Å². The van der Waals surface area contributed by atoms with E-state index in [1.165, 1.54) is 11.3 Å². The molecule has 1 atom stereocenters. The Morgan fingerprint density at radius 1 is 1.53 bits per heavy atom. The maximum atomic E-state index is 11.7. The van der Waals surface area contributed by atoms with E-state index in [0.29, 0.717) is 24.0 Å². The first kappa shape index (κ1) is 15.9. The summed E-state index contributed by atoms with van der Waals surface area (Å²) >= 11 is 1.45. The summed E-state index contributed by atoms with van der Waals surface area (Å²) in [6.45, 7) is 4.90. The Morgan fingerprint density at radius 3 is 2.95 bits per heavy atom. The number of rotatable bonds is 8. The largest absolute Gasteiger partial charge is 0.396 e. The van der Waals surface area contributed by atoms with Crippen molar-refractivity contribution in [3.63, 3.8) is 0 Å². The number of nitrogens with one attached hydrogen (secondary N) is 2. The number of anilines is 1. The molecule has 0 aromatic carbocycles. The van der Waals surface area contributed by atoms with Crippen LogP contribution in [0.15, 0.2) is 5.38 Å². The van der Waals surface area contributed by atoms with Crippen LogP contribution in [0.5, 0.6) is 0 Å². The lowest BCUT2D eigenvalue weighted by molar-refractivity contribution is 0.238. The summed E-state index contributed by atoms with van der Waals surface area (Å²) in [5.74, 6) is 0.322. The molecular weight excluding hydrogens is 262 g/mol. The molecule has 0 bridgehead atoms. The highest BCUT2D eigenvalue weighted by atomic mass is 32.1. The van der Waals surface area contributed by atoms with E-state index in [4.69, 9.17) is 5.11 Å². The fourth-order valence-corrected chi connectivity index (χ4v) is 2.49. The molecule has 1 aromatic heterocycles. The van der Waals surface area contributed by atoms with Crippen molar-refractivity contribution in [2.24, 2.45) is 5.92 Å². The predicted octanol–water partition coefficient (Wildman–Crippen LogP) is 2.63. The molecule has 108 valence electrons. The van der Waals surface area contributed by atoms with Gasteiger partial charge in [-0.05, 0) is 18.8 Å². The van der Waals surface area contributed by atoms with Gasteiger partial charge in [0.05, 0.1) is 5.69 Å². The molecule has 0 aliphatic rings.